The second-order valence-electron chi connectivity index (χ2n) is 4.74. The summed E-state index contributed by atoms with van der Waals surface area (Å²) in [4.78, 5) is 12.1. The number of amides is 1. The van der Waals surface area contributed by atoms with Gasteiger partial charge in [-0.25, -0.2) is 0 Å². The van der Waals surface area contributed by atoms with Gasteiger partial charge in [-0.15, -0.1) is 0 Å². The number of halogens is 1. The molecule has 2 aromatic carbocycles. The summed E-state index contributed by atoms with van der Waals surface area (Å²) in [5.74, 6) is 0.494. The molecule has 3 nitrogen and oxygen atoms in total. The molecule has 0 atom stereocenters. The highest BCUT2D eigenvalue weighted by molar-refractivity contribution is 6.31. The van der Waals surface area contributed by atoms with Crippen molar-refractivity contribution < 1.29 is 9.53 Å². The minimum Gasteiger partial charge on any atom is -0.495 e. The molecule has 0 radical (unpaired) electrons. The van der Waals surface area contributed by atoms with E-state index in [1.807, 2.05) is 24.3 Å². The van der Waals surface area contributed by atoms with Crippen molar-refractivity contribution in [3.63, 3.8) is 0 Å². The SMILES string of the molecule is CCc1ccc(CC(=O)Nc2cc(Cl)ccc2OC)cc1. The molecule has 0 heterocycles. The molecule has 0 bridgehead atoms. The van der Waals surface area contributed by atoms with Gasteiger partial charge in [-0.1, -0.05) is 42.8 Å². The zero-order valence-electron chi connectivity index (χ0n) is 12.2. The van der Waals surface area contributed by atoms with E-state index < -0.39 is 0 Å². The van der Waals surface area contributed by atoms with E-state index in [9.17, 15) is 4.79 Å². The first-order valence-electron chi connectivity index (χ1n) is 6.83. The summed E-state index contributed by atoms with van der Waals surface area (Å²) in [7, 11) is 1.56. The molecule has 4 heteroatoms. The molecule has 0 spiro atoms. The highest BCUT2D eigenvalue weighted by Crippen LogP contribution is 2.27. The molecule has 110 valence electrons. The first-order valence-corrected chi connectivity index (χ1v) is 7.21. The standard InChI is InChI=1S/C17H18ClNO2/c1-3-12-4-6-13(7-5-12)10-17(20)19-15-11-14(18)8-9-16(15)21-2/h4-9,11H,3,10H2,1-2H3,(H,19,20). The van der Waals surface area contributed by atoms with Crippen LogP contribution in [-0.2, 0) is 17.6 Å². The number of nitrogens with one attached hydrogen (secondary N) is 1. The molecule has 0 aliphatic heterocycles. The maximum atomic E-state index is 12.1. The van der Waals surface area contributed by atoms with Gasteiger partial charge in [0.15, 0.2) is 0 Å². The average molecular weight is 304 g/mol. The van der Waals surface area contributed by atoms with E-state index in [4.69, 9.17) is 16.3 Å². The van der Waals surface area contributed by atoms with Crippen LogP contribution in [0.1, 0.15) is 18.1 Å². The van der Waals surface area contributed by atoms with Gasteiger partial charge in [0.2, 0.25) is 5.91 Å². The number of hydrogen-bond acceptors (Lipinski definition) is 2. The van der Waals surface area contributed by atoms with Crippen LogP contribution in [-0.4, -0.2) is 13.0 Å². The van der Waals surface area contributed by atoms with Crippen molar-refractivity contribution in [1.82, 2.24) is 0 Å². The van der Waals surface area contributed by atoms with Crippen LogP contribution in [0.5, 0.6) is 5.75 Å². The summed E-state index contributed by atoms with van der Waals surface area (Å²) in [6.07, 6.45) is 1.31. The molecule has 0 saturated heterocycles. The van der Waals surface area contributed by atoms with Crippen molar-refractivity contribution in [2.75, 3.05) is 12.4 Å². The molecule has 0 aromatic heterocycles. The van der Waals surface area contributed by atoms with Crippen LogP contribution in [0.25, 0.3) is 0 Å². The van der Waals surface area contributed by atoms with E-state index >= 15 is 0 Å². The van der Waals surface area contributed by atoms with Gasteiger partial charge < -0.3 is 10.1 Å². The Balaban J connectivity index is 2.05. The Bertz CT molecular complexity index is 623. The second kappa shape index (κ2) is 7.14. The van der Waals surface area contributed by atoms with Crippen LogP contribution < -0.4 is 10.1 Å². The van der Waals surface area contributed by atoms with Gasteiger partial charge in [-0.2, -0.15) is 0 Å². The van der Waals surface area contributed by atoms with E-state index in [0.717, 1.165) is 12.0 Å². The summed E-state index contributed by atoms with van der Waals surface area (Å²) >= 11 is 5.94. The summed E-state index contributed by atoms with van der Waals surface area (Å²) in [5, 5.41) is 3.39. The fourth-order valence-corrected chi connectivity index (χ4v) is 2.22. The minimum atomic E-state index is -0.0974. The topological polar surface area (TPSA) is 38.3 Å². The molecule has 1 amide bonds. The monoisotopic (exact) mass is 303 g/mol. The third-order valence-corrected chi connectivity index (χ3v) is 3.47. The predicted molar refractivity (Wildman–Crippen MR) is 86.2 cm³/mol. The molecule has 0 aliphatic carbocycles. The number of benzene rings is 2. The van der Waals surface area contributed by atoms with Crippen molar-refractivity contribution in [1.29, 1.82) is 0 Å². The summed E-state index contributed by atoms with van der Waals surface area (Å²) in [6, 6.07) is 13.2. The van der Waals surface area contributed by atoms with Gasteiger partial charge in [0, 0.05) is 5.02 Å². The largest absolute Gasteiger partial charge is 0.495 e. The molecular formula is C17H18ClNO2. The molecule has 1 N–H and O–H groups in total. The smallest absolute Gasteiger partial charge is 0.228 e. The third-order valence-electron chi connectivity index (χ3n) is 3.23. The van der Waals surface area contributed by atoms with Crippen molar-refractivity contribution in [2.45, 2.75) is 19.8 Å². The lowest BCUT2D eigenvalue weighted by atomic mass is 10.1. The van der Waals surface area contributed by atoms with Crippen molar-refractivity contribution in [2.24, 2.45) is 0 Å². The fourth-order valence-electron chi connectivity index (χ4n) is 2.05. The Morgan fingerprint density at radius 3 is 2.43 bits per heavy atom. The van der Waals surface area contributed by atoms with E-state index in [1.165, 1.54) is 5.56 Å². The Kier molecular flexibility index (Phi) is 5.23. The van der Waals surface area contributed by atoms with Crippen LogP contribution in [0.3, 0.4) is 0 Å². The highest BCUT2D eigenvalue weighted by Gasteiger charge is 2.09. The van der Waals surface area contributed by atoms with E-state index in [-0.39, 0.29) is 5.91 Å². The Labute approximate surface area is 129 Å². The zero-order valence-corrected chi connectivity index (χ0v) is 12.9. The van der Waals surface area contributed by atoms with Gasteiger partial charge >= 0.3 is 0 Å². The number of methoxy groups -OCH3 is 1. The summed E-state index contributed by atoms with van der Waals surface area (Å²) < 4.78 is 5.21. The molecule has 21 heavy (non-hydrogen) atoms. The van der Waals surface area contributed by atoms with Crippen molar-refractivity contribution >= 4 is 23.2 Å². The van der Waals surface area contributed by atoms with Crippen LogP contribution in [0.15, 0.2) is 42.5 Å². The molecule has 0 saturated carbocycles. The van der Waals surface area contributed by atoms with Crippen molar-refractivity contribution in [3.05, 3.63) is 58.6 Å². The minimum absolute atomic E-state index is 0.0974. The zero-order chi connectivity index (χ0) is 15.2. The quantitative estimate of drug-likeness (QED) is 0.903. The van der Waals surface area contributed by atoms with E-state index in [1.54, 1.807) is 25.3 Å². The van der Waals surface area contributed by atoms with Gasteiger partial charge in [0.25, 0.3) is 0 Å². The van der Waals surface area contributed by atoms with E-state index in [0.29, 0.717) is 22.9 Å². The van der Waals surface area contributed by atoms with Crippen LogP contribution in [0.2, 0.25) is 5.02 Å². The maximum absolute atomic E-state index is 12.1. The average Bonchev–Trinajstić information content (AvgIpc) is 2.48. The molecule has 2 rings (SSSR count). The Hall–Kier alpha value is -2.00. The number of anilines is 1. The normalized spacial score (nSPS) is 10.2. The van der Waals surface area contributed by atoms with Gasteiger partial charge in [0.1, 0.15) is 5.75 Å². The number of carbonyl (C=O) groups excluding carboxylic acids is 1. The third kappa shape index (κ3) is 4.23. The molecule has 0 unspecified atom stereocenters. The van der Waals surface area contributed by atoms with Crippen LogP contribution in [0, 0.1) is 0 Å². The maximum Gasteiger partial charge on any atom is 0.228 e. The summed E-state index contributed by atoms with van der Waals surface area (Å²) in [6.45, 7) is 2.10. The van der Waals surface area contributed by atoms with Gasteiger partial charge in [-0.05, 0) is 35.7 Å². The number of ether oxygens (including phenoxy) is 1. The lowest BCUT2D eigenvalue weighted by molar-refractivity contribution is -0.115. The summed E-state index contributed by atoms with van der Waals surface area (Å²) in [5.41, 5.74) is 2.82. The van der Waals surface area contributed by atoms with Gasteiger partial charge in [0.05, 0.1) is 19.2 Å². The molecule has 0 aliphatic rings. The number of hydrogen-bond donors (Lipinski definition) is 1. The molecule has 2 aromatic rings. The predicted octanol–water partition coefficient (Wildman–Crippen LogP) is 4.09. The van der Waals surface area contributed by atoms with Crippen molar-refractivity contribution in [3.8, 4) is 5.75 Å². The van der Waals surface area contributed by atoms with Crippen LogP contribution in [0.4, 0.5) is 5.69 Å². The van der Waals surface area contributed by atoms with Gasteiger partial charge in [-0.3, -0.25) is 4.79 Å². The Morgan fingerprint density at radius 1 is 1.14 bits per heavy atom. The number of carbonyl (C=O) groups is 1. The highest BCUT2D eigenvalue weighted by atomic mass is 35.5. The van der Waals surface area contributed by atoms with E-state index in [2.05, 4.69) is 12.2 Å². The number of rotatable bonds is 5. The molecular weight excluding hydrogens is 286 g/mol. The first kappa shape index (κ1) is 15.4. The second-order valence-corrected chi connectivity index (χ2v) is 5.18. The number of aryl methyl sites for hydroxylation is 1. The molecule has 0 fully saturated rings. The Morgan fingerprint density at radius 2 is 1.81 bits per heavy atom. The van der Waals surface area contributed by atoms with Crippen LogP contribution >= 0.6 is 11.6 Å². The lowest BCUT2D eigenvalue weighted by Crippen LogP contribution is -2.15. The first-order chi connectivity index (χ1) is 10.1. The lowest BCUT2D eigenvalue weighted by Gasteiger charge is -2.10. The fraction of sp³-hybridized carbons (Fsp3) is 0.235.